The van der Waals surface area contributed by atoms with Crippen molar-refractivity contribution >= 4 is 5.91 Å². The summed E-state index contributed by atoms with van der Waals surface area (Å²) in [5.74, 6) is 1.74. The number of aryl methyl sites for hydroxylation is 2. The Morgan fingerprint density at radius 3 is 2.37 bits per heavy atom. The molecule has 4 heteroatoms. The van der Waals surface area contributed by atoms with Crippen molar-refractivity contribution in [3.05, 3.63) is 59.2 Å². The van der Waals surface area contributed by atoms with Crippen LogP contribution in [0.5, 0.6) is 11.5 Å². The van der Waals surface area contributed by atoms with Gasteiger partial charge >= 0.3 is 0 Å². The Morgan fingerprint density at radius 2 is 1.70 bits per heavy atom. The smallest absolute Gasteiger partial charge is 0.220 e. The molecule has 0 saturated carbocycles. The van der Waals surface area contributed by atoms with Gasteiger partial charge in [0.1, 0.15) is 11.5 Å². The molecular weight excluding hydrogens is 338 g/mol. The van der Waals surface area contributed by atoms with Crippen LogP contribution in [-0.4, -0.2) is 26.2 Å². The van der Waals surface area contributed by atoms with Gasteiger partial charge in [0.15, 0.2) is 0 Å². The molecule has 1 N–H and O–H groups in total. The van der Waals surface area contributed by atoms with Gasteiger partial charge in [-0.15, -0.1) is 0 Å². The summed E-state index contributed by atoms with van der Waals surface area (Å²) in [4.78, 5) is 12.2. The normalized spacial score (nSPS) is 10.5. The van der Waals surface area contributed by atoms with Crippen LogP contribution in [0.2, 0.25) is 0 Å². The van der Waals surface area contributed by atoms with Crippen LogP contribution in [-0.2, 0) is 24.1 Å². The summed E-state index contributed by atoms with van der Waals surface area (Å²) >= 11 is 0. The molecule has 27 heavy (non-hydrogen) atoms. The standard InChI is InChI=1S/C23H31NO3/c1-4-9-19-16-20(21(26-3)17-22(19)27-5-2)12-13-23(25)24-15-14-18-10-7-6-8-11-18/h6-8,10-11,16-17H,4-5,9,12-15H2,1-3H3,(H,24,25). The Bertz CT molecular complexity index is 713. The Labute approximate surface area is 162 Å². The number of rotatable bonds is 11. The molecule has 0 bridgehead atoms. The summed E-state index contributed by atoms with van der Waals surface area (Å²) in [6, 6.07) is 14.3. The molecule has 2 aromatic rings. The number of hydrogen-bond acceptors (Lipinski definition) is 3. The van der Waals surface area contributed by atoms with Gasteiger partial charge in [0, 0.05) is 19.0 Å². The molecule has 1 amide bonds. The van der Waals surface area contributed by atoms with E-state index in [1.54, 1.807) is 7.11 Å². The first-order valence-electron chi connectivity index (χ1n) is 9.81. The zero-order valence-electron chi connectivity index (χ0n) is 16.7. The average Bonchev–Trinajstić information content (AvgIpc) is 2.69. The van der Waals surface area contributed by atoms with Crippen molar-refractivity contribution in [1.29, 1.82) is 0 Å². The van der Waals surface area contributed by atoms with Crippen LogP contribution in [0.15, 0.2) is 42.5 Å². The fourth-order valence-corrected chi connectivity index (χ4v) is 3.12. The molecule has 0 aliphatic heterocycles. The molecule has 0 saturated heterocycles. The number of nitrogens with one attached hydrogen (secondary N) is 1. The number of hydrogen-bond donors (Lipinski definition) is 1. The second-order valence-electron chi connectivity index (χ2n) is 6.54. The summed E-state index contributed by atoms with van der Waals surface area (Å²) in [5.41, 5.74) is 3.47. The number of carbonyl (C=O) groups is 1. The number of amides is 1. The maximum absolute atomic E-state index is 12.2. The molecule has 2 rings (SSSR count). The average molecular weight is 370 g/mol. The van der Waals surface area contributed by atoms with Crippen LogP contribution in [0, 0.1) is 0 Å². The van der Waals surface area contributed by atoms with E-state index in [0.29, 0.717) is 26.0 Å². The quantitative estimate of drug-likeness (QED) is 0.641. The van der Waals surface area contributed by atoms with E-state index in [0.717, 1.165) is 36.3 Å². The summed E-state index contributed by atoms with van der Waals surface area (Å²) in [7, 11) is 1.66. The number of methoxy groups -OCH3 is 1. The van der Waals surface area contributed by atoms with Gasteiger partial charge in [0.2, 0.25) is 5.91 Å². The highest BCUT2D eigenvalue weighted by atomic mass is 16.5. The third-order valence-corrected chi connectivity index (χ3v) is 4.48. The van der Waals surface area contributed by atoms with Crippen molar-refractivity contribution in [3.63, 3.8) is 0 Å². The van der Waals surface area contributed by atoms with Crippen LogP contribution >= 0.6 is 0 Å². The lowest BCUT2D eigenvalue weighted by atomic mass is 10.0. The van der Waals surface area contributed by atoms with E-state index in [1.807, 2.05) is 31.2 Å². The zero-order chi connectivity index (χ0) is 19.5. The predicted octanol–water partition coefficient (Wildman–Crippen LogP) is 4.34. The maximum Gasteiger partial charge on any atom is 0.220 e. The maximum atomic E-state index is 12.2. The molecule has 0 aliphatic carbocycles. The van der Waals surface area contributed by atoms with Gasteiger partial charge in [-0.05, 0) is 48.9 Å². The number of carbonyl (C=O) groups excluding carboxylic acids is 1. The monoisotopic (exact) mass is 369 g/mol. The molecule has 0 spiro atoms. The van der Waals surface area contributed by atoms with E-state index >= 15 is 0 Å². The van der Waals surface area contributed by atoms with Gasteiger partial charge in [-0.25, -0.2) is 0 Å². The summed E-state index contributed by atoms with van der Waals surface area (Å²) in [5, 5.41) is 3.01. The predicted molar refractivity (Wildman–Crippen MR) is 110 cm³/mol. The molecule has 0 fully saturated rings. The second-order valence-corrected chi connectivity index (χ2v) is 6.54. The summed E-state index contributed by atoms with van der Waals surface area (Å²) in [6.07, 6.45) is 3.95. The Kier molecular flexibility index (Phi) is 8.69. The van der Waals surface area contributed by atoms with E-state index in [4.69, 9.17) is 9.47 Å². The first-order chi connectivity index (χ1) is 13.2. The number of ether oxygens (including phenoxy) is 2. The van der Waals surface area contributed by atoms with Crippen LogP contribution < -0.4 is 14.8 Å². The molecule has 0 unspecified atom stereocenters. The fraction of sp³-hybridized carbons (Fsp3) is 0.435. The van der Waals surface area contributed by atoms with Crippen molar-refractivity contribution < 1.29 is 14.3 Å². The lowest BCUT2D eigenvalue weighted by Gasteiger charge is -2.15. The molecular formula is C23H31NO3. The van der Waals surface area contributed by atoms with Crippen molar-refractivity contribution in [1.82, 2.24) is 5.32 Å². The molecule has 0 atom stereocenters. The van der Waals surface area contributed by atoms with E-state index in [-0.39, 0.29) is 5.91 Å². The summed E-state index contributed by atoms with van der Waals surface area (Å²) < 4.78 is 11.3. The van der Waals surface area contributed by atoms with Gasteiger partial charge in [-0.2, -0.15) is 0 Å². The molecule has 0 heterocycles. The van der Waals surface area contributed by atoms with Crippen LogP contribution in [0.1, 0.15) is 43.4 Å². The van der Waals surface area contributed by atoms with Crippen molar-refractivity contribution in [2.75, 3.05) is 20.3 Å². The second kappa shape index (κ2) is 11.3. The molecule has 4 nitrogen and oxygen atoms in total. The summed E-state index contributed by atoms with van der Waals surface area (Å²) in [6.45, 7) is 5.42. The van der Waals surface area contributed by atoms with Crippen molar-refractivity contribution in [2.24, 2.45) is 0 Å². The van der Waals surface area contributed by atoms with E-state index in [2.05, 4.69) is 30.4 Å². The van der Waals surface area contributed by atoms with E-state index < -0.39 is 0 Å². The lowest BCUT2D eigenvalue weighted by Crippen LogP contribution is -2.25. The molecule has 0 radical (unpaired) electrons. The minimum absolute atomic E-state index is 0.0684. The van der Waals surface area contributed by atoms with Crippen molar-refractivity contribution in [2.45, 2.75) is 46.0 Å². The SMILES string of the molecule is CCCc1cc(CCC(=O)NCCc2ccccc2)c(OC)cc1OCC. The molecule has 2 aromatic carbocycles. The molecule has 146 valence electrons. The van der Waals surface area contributed by atoms with Gasteiger partial charge in [-0.3, -0.25) is 4.79 Å². The highest BCUT2D eigenvalue weighted by Crippen LogP contribution is 2.31. The third kappa shape index (κ3) is 6.63. The Morgan fingerprint density at radius 1 is 0.963 bits per heavy atom. The zero-order valence-corrected chi connectivity index (χ0v) is 16.7. The topological polar surface area (TPSA) is 47.6 Å². The lowest BCUT2D eigenvalue weighted by molar-refractivity contribution is -0.121. The largest absolute Gasteiger partial charge is 0.496 e. The van der Waals surface area contributed by atoms with Gasteiger partial charge in [-0.1, -0.05) is 43.7 Å². The van der Waals surface area contributed by atoms with Crippen molar-refractivity contribution in [3.8, 4) is 11.5 Å². The van der Waals surface area contributed by atoms with Crippen LogP contribution in [0.25, 0.3) is 0 Å². The minimum atomic E-state index is 0.0684. The van der Waals surface area contributed by atoms with Gasteiger partial charge in [0.25, 0.3) is 0 Å². The van der Waals surface area contributed by atoms with E-state index in [9.17, 15) is 4.79 Å². The third-order valence-electron chi connectivity index (χ3n) is 4.48. The van der Waals surface area contributed by atoms with E-state index in [1.165, 1.54) is 11.1 Å². The highest BCUT2D eigenvalue weighted by Gasteiger charge is 2.12. The Balaban J connectivity index is 1.92. The van der Waals surface area contributed by atoms with Crippen LogP contribution in [0.4, 0.5) is 0 Å². The van der Waals surface area contributed by atoms with Crippen LogP contribution in [0.3, 0.4) is 0 Å². The molecule has 0 aromatic heterocycles. The fourth-order valence-electron chi connectivity index (χ4n) is 3.12. The first kappa shape index (κ1) is 20.8. The number of benzene rings is 2. The minimum Gasteiger partial charge on any atom is -0.496 e. The Hall–Kier alpha value is -2.49. The van der Waals surface area contributed by atoms with Gasteiger partial charge in [0.05, 0.1) is 13.7 Å². The first-order valence-corrected chi connectivity index (χ1v) is 9.81. The highest BCUT2D eigenvalue weighted by molar-refractivity contribution is 5.76. The molecule has 0 aliphatic rings. The van der Waals surface area contributed by atoms with Gasteiger partial charge < -0.3 is 14.8 Å².